The maximum Gasteiger partial charge on any atom is 0.340 e. The number of esters is 1. The van der Waals surface area contributed by atoms with Crippen LogP contribution in [0.2, 0.25) is 0 Å². The standard InChI is InChI=1S/C11H11ClN4O2/c1-18-11(17)8-3-7(15-9(13)4-12)2-6-5-14-16-10(6)8/h2-3,5H,4H2,1H3,(H2,13,15)(H,14,16). The van der Waals surface area contributed by atoms with Crippen LogP contribution in [0.5, 0.6) is 0 Å². The monoisotopic (exact) mass is 266 g/mol. The second kappa shape index (κ2) is 5.05. The van der Waals surface area contributed by atoms with Gasteiger partial charge in [0.1, 0.15) is 5.84 Å². The van der Waals surface area contributed by atoms with Crippen LogP contribution in [0.4, 0.5) is 5.69 Å². The van der Waals surface area contributed by atoms with Gasteiger partial charge in [0.15, 0.2) is 0 Å². The van der Waals surface area contributed by atoms with Gasteiger partial charge in [-0.2, -0.15) is 5.10 Å². The maximum absolute atomic E-state index is 11.7. The molecule has 0 amide bonds. The fraction of sp³-hybridized carbons (Fsp3) is 0.182. The molecule has 0 saturated carbocycles. The van der Waals surface area contributed by atoms with Crippen LogP contribution in [0.25, 0.3) is 10.9 Å². The molecule has 18 heavy (non-hydrogen) atoms. The van der Waals surface area contributed by atoms with Crippen LogP contribution < -0.4 is 5.73 Å². The van der Waals surface area contributed by atoms with E-state index in [2.05, 4.69) is 15.2 Å². The number of aromatic amines is 1. The van der Waals surface area contributed by atoms with Crippen molar-refractivity contribution in [2.75, 3.05) is 13.0 Å². The number of aliphatic imine (C=N–C) groups is 1. The summed E-state index contributed by atoms with van der Waals surface area (Å²) in [6, 6.07) is 3.33. The Morgan fingerprint density at radius 2 is 2.39 bits per heavy atom. The van der Waals surface area contributed by atoms with Crippen molar-refractivity contribution in [1.29, 1.82) is 0 Å². The second-order valence-electron chi connectivity index (χ2n) is 3.56. The highest BCUT2D eigenvalue weighted by molar-refractivity contribution is 6.28. The van der Waals surface area contributed by atoms with Crippen LogP contribution in [-0.2, 0) is 4.74 Å². The van der Waals surface area contributed by atoms with Crippen molar-refractivity contribution in [3.8, 4) is 0 Å². The van der Waals surface area contributed by atoms with E-state index in [9.17, 15) is 4.79 Å². The first-order valence-corrected chi connectivity index (χ1v) is 5.63. The summed E-state index contributed by atoms with van der Waals surface area (Å²) < 4.78 is 4.71. The van der Waals surface area contributed by atoms with Gasteiger partial charge in [0.25, 0.3) is 0 Å². The van der Waals surface area contributed by atoms with E-state index in [4.69, 9.17) is 22.1 Å². The summed E-state index contributed by atoms with van der Waals surface area (Å²) in [6.45, 7) is 0. The molecule has 2 aromatic rings. The van der Waals surface area contributed by atoms with Gasteiger partial charge in [-0.1, -0.05) is 0 Å². The molecule has 0 fully saturated rings. The molecule has 0 radical (unpaired) electrons. The summed E-state index contributed by atoms with van der Waals surface area (Å²) in [5, 5.41) is 7.37. The third kappa shape index (κ3) is 2.28. The third-order valence-electron chi connectivity index (χ3n) is 2.35. The van der Waals surface area contributed by atoms with Crippen molar-refractivity contribution in [2.24, 2.45) is 10.7 Å². The van der Waals surface area contributed by atoms with E-state index in [-0.39, 0.29) is 11.7 Å². The average Bonchev–Trinajstić information content (AvgIpc) is 2.84. The lowest BCUT2D eigenvalue weighted by atomic mass is 10.1. The molecular formula is C11H11ClN4O2. The molecule has 1 aromatic heterocycles. The molecule has 6 nitrogen and oxygen atoms in total. The number of halogens is 1. The number of amidine groups is 1. The number of ether oxygens (including phenoxy) is 1. The van der Waals surface area contributed by atoms with Crippen molar-refractivity contribution in [2.45, 2.75) is 0 Å². The third-order valence-corrected chi connectivity index (χ3v) is 2.62. The van der Waals surface area contributed by atoms with Gasteiger partial charge in [0.05, 0.1) is 36.0 Å². The van der Waals surface area contributed by atoms with Gasteiger partial charge in [-0.05, 0) is 12.1 Å². The van der Waals surface area contributed by atoms with E-state index in [1.807, 2.05) is 0 Å². The first-order valence-electron chi connectivity index (χ1n) is 5.10. The van der Waals surface area contributed by atoms with Crippen LogP contribution in [0.15, 0.2) is 23.3 Å². The van der Waals surface area contributed by atoms with E-state index >= 15 is 0 Å². The summed E-state index contributed by atoms with van der Waals surface area (Å²) in [5.74, 6) is -0.0714. The Hall–Kier alpha value is -2.08. The lowest BCUT2D eigenvalue weighted by Gasteiger charge is -2.03. The number of nitrogens with one attached hydrogen (secondary N) is 1. The van der Waals surface area contributed by atoms with Crippen LogP contribution in [0, 0.1) is 0 Å². The number of rotatable bonds is 3. The molecule has 0 saturated heterocycles. The van der Waals surface area contributed by atoms with Crippen molar-refractivity contribution in [1.82, 2.24) is 10.2 Å². The van der Waals surface area contributed by atoms with Crippen molar-refractivity contribution < 1.29 is 9.53 Å². The SMILES string of the molecule is COC(=O)c1cc(N=C(N)CCl)cc2cn[nH]c12. The van der Waals surface area contributed by atoms with Crippen molar-refractivity contribution in [3.05, 3.63) is 23.9 Å². The van der Waals surface area contributed by atoms with E-state index in [1.54, 1.807) is 18.3 Å². The molecule has 2 rings (SSSR count). The highest BCUT2D eigenvalue weighted by atomic mass is 35.5. The largest absolute Gasteiger partial charge is 0.465 e. The van der Waals surface area contributed by atoms with Gasteiger partial charge >= 0.3 is 5.97 Å². The minimum absolute atomic E-state index is 0.122. The van der Waals surface area contributed by atoms with Gasteiger partial charge in [0, 0.05) is 5.39 Å². The molecular weight excluding hydrogens is 256 g/mol. The molecule has 94 valence electrons. The summed E-state index contributed by atoms with van der Waals surface area (Å²) in [5.41, 5.74) is 7.05. The summed E-state index contributed by atoms with van der Waals surface area (Å²) in [6.07, 6.45) is 1.59. The molecule has 0 aliphatic carbocycles. The van der Waals surface area contributed by atoms with E-state index in [0.717, 1.165) is 5.39 Å². The van der Waals surface area contributed by atoms with Crippen LogP contribution in [0.1, 0.15) is 10.4 Å². The number of fused-ring (bicyclic) bond motifs is 1. The van der Waals surface area contributed by atoms with Gasteiger partial charge in [-0.3, -0.25) is 5.10 Å². The Balaban J connectivity index is 2.60. The van der Waals surface area contributed by atoms with Crippen molar-refractivity contribution >= 4 is 40.0 Å². The van der Waals surface area contributed by atoms with Crippen LogP contribution in [0.3, 0.4) is 0 Å². The fourth-order valence-corrected chi connectivity index (χ4v) is 1.63. The number of hydrogen-bond acceptors (Lipinski definition) is 4. The predicted octanol–water partition coefficient (Wildman–Crippen LogP) is 1.58. The van der Waals surface area contributed by atoms with Gasteiger partial charge in [-0.25, -0.2) is 9.79 Å². The molecule has 0 aliphatic rings. The minimum atomic E-state index is -0.467. The predicted molar refractivity (Wildman–Crippen MR) is 69.4 cm³/mol. The Labute approximate surface area is 108 Å². The molecule has 0 atom stereocenters. The van der Waals surface area contributed by atoms with E-state index < -0.39 is 5.97 Å². The Morgan fingerprint density at radius 1 is 1.61 bits per heavy atom. The Bertz CT molecular complexity index is 621. The highest BCUT2D eigenvalue weighted by Crippen LogP contribution is 2.24. The number of aromatic nitrogens is 2. The summed E-state index contributed by atoms with van der Waals surface area (Å²) in [4.78, 5) is 15.8. The number of nitrogens with zero attached hydrogens (tertiary/aromatic N) is 2. The molecule has 0 unspecified atom stereocenters. The van der Waals surface area contributed by atoms with Crippen LogP contribution >= 0.6 is 11.6 Å². The number of carbonyl (C=O) groups is 1. The number of alkyl halides is 1. The number of nitrogens with two attached hydrogens (primary N) is 1. The lowest BCUT2D eigenvalue weighted by Crippen LogP contribution is -2.12. The fourth-order valence-electron chi connectivity index (χ4n) is 1.57. The first kappa shape index (κ1) is 12.4. The normalized spacial score (nSPS) is 11.8. The zero-order valence-corrected chi connectivity index (χ0v) is 10.4. The topological polar surface area (TPSA) is 93.4 Å². The molecule has 3 N–H and O–H groups in total. The van der Waals surface area contributed by atoms with Gasteiger partial charge < -0.3 is 10.5 Å². The molecule has 0 aliphatic heterocycles. The highest BCUT2D eigenvalue weighted by Gasteiger charge is 2.13. The molecule has 7 heteroatoms. The number of carbonyl (C=O) groups excluding carboxylic acids is 1. The molecule has 0 bridgehead atoms. The average molecular weight is 267 g/mol. The molecule has 1 heterocycles. The van der Waals surface area contributed by atoms with Crippen molar-refractivity contribution in [3.63, 3.8) is 0 Å². The zero-order valence-electron chi connectivity index (χ0n) is 9.61. The zero-order chi connectivity index (χ0) is 13.1. The smallest absolute Gasteiger partial charge is 0.340 e. The minimum Gasteiger partial charge on any atom is -0.465 e. The van der Waals surface area contributed by atoms with Gasteiger partial charge in [-0.15, -0.1) is 11.6 Å². The Kier molecular flexibility index (Phi) is 3.47. The van der Waals surface area contributed by atoms with Crippen LogP contribution in [-0.4, -0.2) is 35.0 Å². The Morgan fingerprint density at radius 3 is 3.06 bits per heavy atom. The van der Waals surface area contributed by atoms with E-state index in [0.29, 0.717) is 16.8 Å². The second-order valence-corrected chi connectivity index (χ2v) is 3.82. The van der Waals surface area contributed by atoms with E-state index in [1.165, 1.54) is 7.11 Å². The number of H-pyrrole nitrogens is 1. The quantitative estimate of drug-likeness (QED) is 0.382. The summed E-state index contributed by atoms with van der Waals surface area (Å²) in [7, 11) is 1.31. The number of methoxy groups -OCH3 is 1. The lowest BCUT2D eigenvalue weighted by molar-refractivity contribution is 0.0603. The maximum atomic E-state index is 11.7. The molecule has 0 spiro atoms. The number of benzene rings is 1. The van der Waals surface area contributed by atoms with Gasteiger partial charge in [0.2, 0.25) is 0 Å². The number of hydrogen-bond donors (Lipinski definition) is 2. The first-order chi connectivity index (χ1) is 8.65. The summed E-state index contributed by atoms with van der Waals surface area (Å²) >= 11 is 5.56. The molecule has 1 aromatic carbocycles.